The van der Waals surface area contributed by atoms with Crippen LogP contribution in [-0.4, -0.2) is 81.2 Å². The number of carboxylic acids is 3. The number of hydrogen-bond acceptors (Lipinski definition) is 8. The highest BCUT2D eigenvalue weighted by atomic mass is 31.2. The zero-order valence-corrected chi connectivity index (χ0v) is 21.8. The summed E-state index contributed by atoms with van der Waals surface area (Å²) in [4.78, 5) is 66.9. The van der Waals surface area contributed by atoms with Crippen LogP contribution in [0.3, 0.4) is 0 Å². The first-order valence-corrected chi connectivity index (χ1v) is 13.6. The van der Waals surface area contributed by atoms with Crippen molar-refractivity contribution in [3.8, 4) is 0 Å². The predicted molar refractivity (Wildman–Crippen MR) is 130 cm³/mol. The highest BCUT2D eigenvalue weighted by Crippen LogP contribution is 2.38. The molecule has 0 aromatic heterocycles. The van der Waals surface area contributed by atoms with Gasteiger partial charge in [0.2, 0.25) is 11.8 Å². The van der Waals surface area contributed by atoms with Crippen LogP contribution in [0, 0.1) is 0 Å². The minimum Gasteiger partial charge on any atom is -0.481 e. The summed E-state index contributed by atoms with van der Waals surface area (Å²) in [6.07, 6.45) is 1.66. The normalized spacial score (nSPS) is 15.1. The van der Waals surface area contributed by atoms with E-state index in [9.17, 15) is 38.5 Å². The number of amides is 2. The molecule has 0 spiro atoms. The summed E-state index contributed by atoms with van der Waals surface area (Å²) in [5.74, 6) is -4.85. The molecule has 0 aromatic rings. The Labute approximate surface area is 215 Å². The number of nitrogens with one attached hydrogen (secondary N) is 3. The van der Waals surface area contributed by atoms with Gasteiger partial charge >= 0.3 is 25.7 Å². The molecule has 0 aromatic carbocycles. The van der Waals surface area contributed by atoms with Crippen LogP contribution in [0.2, 0.25) is 0 Å². The van der Waals surface area contributed by atoms with Crippen molar-refractivity contribution < 1.29 is 53.3 Å². The fourth-order valence-corrected chi connectivity index (χ4v) is 4.23. The van der Waals surface area contributed by atoms with E-state index in [2.05, 4.69) is 10.6 Å². The van der Waals surface area contributed by atoms with Crippen molar-refractivity contribution in [2.24, 2.45) is 5.73 Å². The summed E-state index contributed by atoms with van der Waals surface area (Å²) >= 11 is 0. The van der Waals surface area contributed by atoms with Crippen LogP contribution in [0.4, 0.5) is 0 Å². The number of aliphatic carboxylic acids is 3. The molecule has 0 heterocycles. The van der Waals surface area contributed by atoms with Gasteiger partial charge in [0.05, 0.1) is 6.61 Å². The zero-order valence-electron chi connectivity index (χ0n) is 20.9. The lowest BCUT2D eigenvalue weighted by atomic mass is 10.1. The van der Waals surface area contributed by atoms with Gasteiger partial charge in [-0.15, -0.1) is 0 Å². The second kappa shape index (κ2) is 18.6. The van der Waals surface area contributed by atoms with Gasteiger partial charge in [-0.05, 0) is 52.0 Å². The zero-order chi connectivity index (χ0) is 28.4. The molecule has 16 heteroatoms. The molecule has 0 rings (SSSR count). The minimum absolute atomic E-state index is 0.0997. The molecule has 37 heavy (non-hydrogen) atoms. The molecule has 0 saturated heterocycles. The minimum atomic E-state index is -4.51. The van der Waals surface area contributed by atoms with Crippen LogP contribution in [0.25, 0.3) is 0 Å². The molecule has 0 bridgehead atoms. The summed E-state index contributed by atoms with van der Waals surface area (Å²) in [5, 5.41) is 33.9. The van der Waals surface area contributed by atoms with Gasteiger partial charge in [-0.25, -0.2) is 14.4 Å². The number of rotatable bonds is 22. The van der Waals surface area contributed by atoms with Crippen LogP contribution < -0.4 is 21.5 Å². The third kappa shape index (κ3) is 18.3. The lowest BCUT2D eigenvalue weighted by Crippen LogP contribution is -2.42. The van der Waals surface area contributed by atoms with Crippen molar-refractivity contribution in [2.45, 2.75) is 89.3 Å². The van der Waals surface area contributed by atoms with Crippen LogP contribution in [0.5, 0.6) is 0 Å². The van der Waals surface area contributed by atoms with Crippen molar-refractivity contribution in [1.29, 1.82) is 0 Å². The third-order valence-electron chi connectivity index (χ3n) is 5.12. The fraction of sp³-hybridized carbons (Fsp3) is 0.762. The molecule has 9 N–H and O–H groups in total. The summed E-state index contributed by atoms with van der Waals surface area (Å²) < 4.78 is 16.8. The quantitative estimate of drug-likeness (QED) is 0.0656. The van der Waals surface area contributed by atoms with Crippen LogP contribution in [0.15, 0.2) is 0 Å². The van der Waals surface area contributed by atoms with E-state index in [1.165, 1.54) is 0 Å². The van der Waals surface area contributed by atoms with E-state index in [1.807, 2.05) is 5.09 Å². The maximum absolute atomic E-state index is 12.1. The summed E-state index contributed by atoms with van der Waals surface area (Å²) in [6, 6.07) is -3.17. The Morgan fingerprint density at radius 3 is 1.97 bits per heavy atom. The largest absolute Gasteiger partial charge is 0.481 e. The number of carbonyl (C=O) groups is 5. The van der Waals surface area contributed by atoms with Crippen LogP contribution in [0.1, 0.15) is 71.1 Å². The summed E-state index contributed by atoms with van der Waals surface area (Å²) in [7, 11) is -4.51. The number of carboxylic acid groups (broad SMARTS) is 3. The topological polar surface area (TPSA) is 255 Å². The maximum atomic E-state index is 12.1. The van der Waals surface area contributed by atoms with E-state index in [0.717, 1.165) is 12.8 Å². The SMILES string of the molecule is C[C@H](CCCOP(=O)(O)NC(CCC(=O)O)C(=O)O)NC(=O)CC[C@H](NC(=O)CCCCCN)C(=O)O. The van der Waals surface area contributed by atoms with E-state index in [0.29, 0.717) is 19.4 Å². The van der Waals surface area contributed by atoms with Crippen molar-refractivity contribution in [1.82, 2.24) is 15.7 Å². The summed E-state index contributed by atoms with van der Waals surface area (Å²) in [6.45, 7) is 1.94. The Morgan fingerprint density at radius 1 is 0.811 bits per heavy atom. The van der Waals surface area contributed by atoms with Gasteiger partial charge in [0.25, 0.3) is 0 Å². The second-order valence-corrected chi connectivity index (χ2v) is 10.1. The van der Waals surface area contributed by atoms with Crippen LogP contribution in [-0.2, 0) is 33.1 Å². The van der Waals surface area contributed by atoms with Crippen molar-refractivity contribution in [3.05, 3.63) is 0 Å². The molecular weight excluding hydrogens is 515 g/mol. The predicted octanol–water partition coefficient (Wildman–Crippen LogP) is 0.165. The Balaban J connectivity index is 4.35. The molecule has 0 aliphatic rings. The Morgan fingerprint density at radius 2 is 1.41 bits per heavy atom. The van der Waals surface area contributed by atoms with Gasteiger partial charge in [-0.1, -0.05) is 6.42 Å². The molecule has 0 aliphatic heterocycles. The number of carbonyl (C=O) groups excluding carboxylic acids is 2. The van der Waals surface area contributed by atoms with Gasteiger partial charge in [0.1, 0.15) is 12.1 Å². The lowest BCUT2D eigenvalue weighted by molar-refractivity contribution is -0.142. The molecule has 0 fully saturated rings. The van der Waals surface area contributed by atoms with Crippen molar-refractivity contribution in [3.63, 3.8) is 0 Å². The highest BCUT2D eigenvalue weighted by Gasteiger charge is 2.29. The Hall–Kier alpha value is -2.58. The smallest absolute Gasteiger partial charge is 0.403 e. The van der Waals surface area contributed by atoms with Gasteiger partial charge < -0.3 is 36.6 Å². The monoisotopic (exact) mass is 554 g/mol. The first-order chi connectivity index (χ1) is 17.3. The maximum Gasteiger partial charge on any atom is 0.403 e. The molecule has 0 radical (unpaired) electrons. The average molecular weight is 555 g/mol. The molecule has 0 aliphatic carbocycles. The first kappa shape index (κ1) is 34.4. The number of nitrogens with two attached hydrogens (primary N) is 1. The van der Waals surface area contributed by atoms with E-state index in [-0.39, 0.29) is 38.3 Å². The molecule has 15 nitrogen and oxygen atoms in total. The van der Waals surface area contributed by atoms with E-state index < -0.39 is 62.4 Å². The molecule has 0 saturated carbocycles. The fourth-order valence-electron chi connectivity index (χ4n) is 3.15. The second-order valence-electron chi connectivity index (χ2n) is 8.51. The highest BCUT2D eigenvalue weighted by molar-refractivity contribution is 7.50. The number of hydrogen-bond donors (Lipinski definition) is 8. The van der Waals surface area contributed by atoms with Gasteiger partial charge in [0.15, 0.2) is 0 Å². The molecule has 4 atom stereocenters. The van der Waals surface area contributed by atoms with Crippen molar-refractivity contribution in [2.75, 3.05) is 13.2 Å². The summed E-state index contributed by atoms with van der Waals surface area (Å²) in [5.41, 5.74) is 5.38. The van der Waals surface area contributed by atoms with Gasteiger partial charge in [-0.3, -0.25) is 23.7 Å². The molecule has 2 unspecified atom stereocenters. The average Bonchev–Trinajstić information content (AvgIpc) is 2.79. The van der Waals surface area contributed by atoms with Crippen LogP contribution >= 0.6 is 7.75 Å². The first-order valence-electron chi connectivity index (χ1n) is 12.0. The van der Waals surface area contributed by atoms with Gasteiger partial charge in [0, 0.05) is 25.3 Å². The van der Waals surface area contributed by atoms with E-state index >= 15 is 0 Å². The van der Waals surface area contributed by atoms with E-state index in [4.69, 9.17) is 20.5 Å². The molecule has 2 amide bonds. The molecular formula is C21H39N4O11P. The number of unbranched alkanes of at least 4 members (excludes halogenated alkanes) is 2. The van der Waals surface area contributed by atoms with Crippen molar-refractivity contribution >= 4 is 37.5 Å². The Kier molecular flexibility index (Phi) is 17.3. The lowest BCUT2D eigenvalue weighted by Gasteiger charge is -2.19. The van der Waals surface area contributed by atoms with Gasteiger partial charge in [-0.2, -0.15) is 0 Å². The molecule has 214 valence electrons. The standard InChI is InChI=1S/C21H39N4O11P/c1-14(6-5-13-36-37(34,35)25-16(21(32)33)9-11-19(28)29)23-18(27)10-8-15(20(30)31)24-17(26)7-3-2-4-12-22/h14-16H,2-13,22H2,1H3,(H,23,27)(H,24,26)(H,28,29)(H,30,31)(H,32,33)(H2,25,34,35)/t14-,15+,16?/m1/s1. The third-order valence-corrected chi connectivity index (χ3v) is 6.29. The Bertz CT molecular complexity index is 811. The van der Waals surface area contributed by atoms with E-state index in [1.54, 1.807) is 6.92 Å².